The lowest BCUT2D eigenvalue weighted by Crippen LogP contribution is -2.44. The molecule has 7 nitrogen and oxygen atoms in total. The summed E-state index contributed by atoms with van der Waals surface area (Å²) in [6, 6.07) is -1.17. The largest absolute Gasteiger partial charge is 0.481 e. The molecule has 0 fully saturated rings. The van der Waals surface area contributed by atoms with E-state index >= 15 is 0 Å². The van der Waals surface area contributed by atoms with Crippen LogP contribution in [0.2, 0.25) is 0 Å². The lowest BCUT2D eigenvalue weighted by atomic mass is 10.1. The molecule has 98 valence electrons. The van der Waals surface area contributed by atoms with Gasteiger partial charge in [0, 0.05) is 18.9 Å². The van der Waals surface area contributed by atoms with E-state index in [0.29, 0.717) is 6.42 Å². The van der Waals surface area contributed by atoms with Gasteiger partial charge in [0.05, 0.1) is 6.04 Å². The van der Waals surface area contributed by atoms with Crippen molar-refractivity contribution in [1.29, 1.82) is 0 Å². The van der Waals surface area contributed by atoms with Crippen LogP contribution in [0.4, 0.5) is 0 Å². The van der Waals surface area contributed by atoms with Crippen LogP contribution in [0, 0.1) is 0 Å². The predicted molar refractivity (Wildman–Crippen MR) is 59.3 cm³/mol. The smallest absolute Gasteiger partial charge is 0.303 e. The number of carboxylic acid groups (broad SMARTS) is 2. The summed E-state index contributed by atoms with van der Waals surface area (Å²) in [6.45, 7) is 1.67. The van der Waals surface area contributed by atoms with Crippen molar-refractivity contribution in [3.8, 4) is 0 Å². The van der Waals surface area contributed by atoms with Crippen LogP contribution in [0.5, 0.6) is 0 Å². The third kappa shape index (κ3) is 8.21. The van der Waals surface area contributed by atoms with Crippen molar-refractivity contribution in [2.45, 2.75) is 44.7 Å². The molecule has 17 heavy (non-hydrogen) atoms. The number of hydrogen-bond donors (Lipinski definition) is 4. The molecule has 0 saturated heterocycles. The fourth-order valence-electron chi connectivity index (χ4n) is 1.17. The zero-order valence-corrected chi connectivity index (χ0v) is 9.68. The summed E-state index contributed by atoms with van der Waals surface area (Å²) >= 11 is 0. The van der Waals surface area contributed by atoms with Gasteiger partial charge in [-0.15, -0.1) is 0 Å². The summed E-state index contributed by atoms with van der Waals surface area (Å²) < 4.78 is 0. The van der Waals surface area contributed by atoms with E-state index in [-0.39, 0.29) is 25.3 Å². The van der Waals surface area contributed by atoms with Crippen LogP contribution in [-0.2, 0) is 14.4 Å². The van der Waals surface area contributed by atoms with Crippen molar-refractivity contribution in [1.82, 2.24) is 5.32 Å². The lowest BCUT2D eigenvalue weighted by Gasteiger charge is -2.16. The molecule has 0 aromatic carbocycles. The second-order valence-electron chi connectivity index (χ2n) is 3.88. The van der Waals surface area contributed by atoms with E-state index in [4.69, 9.17) is 15.9 Å². The van der Waals surface area contributed by atoms with Gasteiger partial charge < -0.3 is 21.3 Å². The predicted octanol–water partition coefficient (Wildman–Crippen LogP) is -0.452. The molecule has 0 aliphatic heterocycles. The van der Waals surface area contributed by atoms with Gasteiger partial charge >= 0.3 is 11.9 Å². The zero-order valence-electron chi connectivity index (χ0n) is 9.68. The van der Waals surface area contributed by atoms with E-state index in [1.54, 1.807) is 6.92 Å². The summed E-state index contributed by atoms with van der Waals surface area (Å²) in [5, 5.41) is 19.4. The highest BCUT2D eigenvalue weighted by molar-refractivity contribution is 5.82. The van der Waals surface area contributed by atoms with Gasteiger partial charge in [0.2, 0.25) is 5.91 Å². The normalized spacial score (nSPS) is 13.8. The van der Waals surface area contributed by atoms with Crippen LogP contribution in [0.1, 0.15) is 32.6 Å². The number of carboxylic acids is 2. The number of rotatable bonds is 8. The van der Waals surface area contributed by atoms with Crippen molar-refractivity contribution in [3.05, 3.63) is 0 Å². The maximum atomic E-state index is 11.4. The molecule has 0 heterocycles. The van der Waals surface area contributed by atoms with E-state index < -0.39 is 23.9 Å². The molecule has 2 unspecified atom stereocenters. The van der Waals surface area contributed by atoms with Gasteiger partial charge in [-0.1, -0.05) is 0 Å². The van der Waals surface area contributed by atoms with Crippen molar-refractivity contribution in [2.75, 3.05) is 0 Å². The molecule has 5 N–H and O–H groups in total. The van der Waals surface area contributed by atoms with E-state index in [1.807, 2.05) is 0 Å². The quantitative estimate of drug-likeness (QED) is 0.459. The average Bonchev–Trinajstić information content (AvgIpc) is 2.22. The summed E-state index contributed by atoms with van der Waals surface area (Å²) in [4.78, 5) is 32.0. The SMILES string of the molecule is CC(CCC(=O)O)NC(=O)C(N)CCC(=O)O. The lowest BCUT2D eigenvalue weighted by molar-refractivity contribution is -0.138. The molecule has 7 heteroatoms. The number of nitrogens with one attached hydrogen (secondary N) is 1. The topological polar surface area (TPSA) is 130 Å². The van der Waals surface area contributed by atoms with Crippen molar-refractivity contribution in [2.24, 2.45) is 5.73 Å². The number of carbonyl (C=O) groups is 3. The standard InChI is InChI=1S/C10H18N2O5/c1-6(2-4-8(13)14)12-10(17)7(11)3-5-9(15)16/h6-7H,2-5,11H2,1H3,(H,12,17)(H,13,14)(H,15,16). The van der Waals surface area contributed by atoms with Gasteiger partial charge in [-0.2, -0.15) is 0 Å². The molecule has 0 aliphatic carbocycles. The Hall–Kier alpha value is -1.63. The summed E-state index contributed by atoms with van der Waals surface area (Å²) in [6.07, 6.45) is 0.170. The van der Waals surface area contributed by atoms with Crippen LogP contribution in [-0.4, -0.2) is 40.1 Å². The first-order valence-corrected chi connectivity index (χ1v) is 5.32. The Bertz CT molecular complexity index is 292. The Morgan fingerprint density at radius 3 is 2.06 bits per heavy atom. The Morgan fingerprint density at radius 2 is 1.59 bits per heavy atom. The minimum atomic E-state index is -1.01. The number of carbonyl (C=O) groups excluding carboxylic acids is 1. The summed E-state index contributed by atoms with van der Waals surface area (Å²) in [5.41, 5.74) is 5.48. The molecule has 0 saturated carbocycles. The van der Waals surface area contributed by atoms with Gasteiger partial charge in [-0.25, -0.2) is 0 Å². The molecule has 0 radical (unpaired) electrons. The number of nitrogens with two attached hydrogens (primary N) is 1. The Kier molecular flexibility index (Phi) is 6.88. The fourth-order valence-corrected chi connectivity index (χ4v) is 1.17. The highest BCUT2D eigenvalue weighted by atomic mass is 16.4. The van der Waals surface area contributed by atoms with Crippen molar-refractivity contribution in [3.63, 3.8) is 0 Å². The molecular weight excluding hydrogens is 228 g/mol. The number of amides is 1. The molecule has 2 atom stereocenters. The highest BCUT2D eigenvalue weighted by Crippen LogP contribution is 1.99. The summed E-state index contributed by atoms with van der Waals surface area (Å²) in [5.74, 6) is -2.39. The maximum Gasteiger partial charge on any atom is 0.303 e. The number of hydrogen-bond acceptors (Lipinski definition) is 4. The molecule has 0 aromatic heterocycles. The first-order valence-electron chi connectivity index (χ1n) is 5.32. The third-order valence-corrected chi connectivity index (χ3v) is 2.19. The number of aliphatic carboxylic acids is 2. The minimum absolute atomic E-state index is 0.0359. The average molecular weight is 246 g/mol. The van der Waals surface area contributed by atoms with Crippen LogP contribution in [0.3, 0.4) is 0 Å². The second kappa shape index (κ2) is 7.61. The second-order valence-corrected chi connectivity index (χ2v) is 3.88. The highest BCUT2D eigenvalue weighted by Gasteiger charge is 2.17. The van der Waals surface area contributed by atoms with E-state index in [9.17, 15) is 14.4 Å². The molecular formula is C10H18N2O5. The molecule has 1 amide bonds. The Morgan fingerprint density at radius 1 is 1.12 bits per heavy atom. The molecule has 0 rings (SSSR count). The Balaban J connectivity index is 3.89. The fraction of sp³-hybridized carbons (Fsp3) is 0.700. The Labute approximate surface area is 99.0 Å². The van der Waals surface area contributed by atoms with Crippen molar-refractivity contribution >= 4 is 17.8 Å². The maximum absolute atomic E-state index is 11.4. The monoisotopic (exact) mass is 246 g/mol. The van der Waals surface area contributed by atoms with Crippen molar-refractivity contribution < 1.29 is 24.6 Å². The summed E-state index contributed by atoms with van der Waals surface area (Å²) in [7, 11) is 0. The minimum Gasteiger partial charge on any atom is -0.481 e. The van der Waals surface area contributed by atoms with Gasteiger partial charge in [0.15, 0.2) is 0 Å². The van der Waals surface area contributed by atoms with Crippen LogP contribution < -0.4 is 11.1 Å². The van der Waals surface area contributed by atoms with Crippen LogP contribution >= 0.6 is 0 Å². The molecule has 0 bridgehead atoms. The van der Waals surface area contributed by atoms with E-state index in [0.717, 1.165) is 0 Å². The van der Waals surface area contributed by atoms with Gasteiger partial charge in [-0.05, 0) is 19.8 Å². The third-order valence-electron chi connectivity index (χ3n) is 2.19. The molecule has 0 aliphatic rings. The van der Waals surface area contributed by atoms with Crippen LogP contribution in [0.25, 0.3) is 0 Å². The van der Waals surface area contributed by atoms with Gasteiger partial charge in [-0.3, -0.25) is 14.4 Å². The van der Waals surface area contributed by atoms with Crippen LogP contribution in [0.15, 0.2) is 0 Å². The van der Waals surface area contributed by atoms with E-state index in [1.165, 1.54) is 0 Å². The molecule has 0 spiro atoms. The van der Waals surface area contributed by atoms with Gasteiger partial charge in [0.1, 0.15) is 0 Å². The van der Waals surface area contributed by atoms with Gasteiger partial charge in [0.25, 0.3) is 0 Å². The van der Waals surface area contributed by atoms with E-state index in [2.05, 4.69) is 5.32 Å². The first kappa shape index (κ1) is 15.4. The zero-order chi connectivity index (χ0) is 13.4. The first-order chi connectivity index (χ1) is 7.82. The molecule has 0 aromatic rings.